The molecule has 0 amide bonds. The number of aliphatic hydroxyl groups excluding tert-OH is 3. The van der Waals surface area contributed by atoms with Crippen molar-refractivity contribution < 1.29 is 15.3 Å². The predicted molar refractivity (Wildman–Crippen MR) is 47.2 cm³/mol. The van der Waals surface area contributed by atoms with E-state index in [0.717, 1.165) is 12.8 Å². The van der Waals surface area contributed by atoms with Crippen molar-refractivity contribution in [2.75, 3.05) is 6.54 Å². The van der Waals surface area contributed by atoms with Crippen LogP contribution >= 0.6 is 0 Å². The fourth-order valence-electron chi connectivity index (χ4n) is 2.50. The van der Waals surface area contributed by atoms with E-state index in [1.54, 1.807) is 6.92 Å². The molecule has 2 fully saturated rings. The lowest BCUT2D eigenvalue weighted by Gasteiger charge is -2.41. The lowest BCUT2D eigenvalue weighted by atomic mass is 9.81. The van der Waals surface area contributed by atoms with Crippen molar-refractivity contribution in [3.05, 3.63) is 0 Å². The first-order chi connectivity index (χ1) is 6.07. The highest BCUT2D eigenvalue weighted by Crippen LogP contribution is 2.47. The van der Waals surface area contributed by atoms with E-state index in [1.807, 2.05) is 0 Å². The van der Waals surface area contributed by atoms with Crippen molar-refractivity contribution in [2.45, 2.75) is 43.6 Å². The molecule has 4 N–H and O–H groups in total. The minimum Gasteiger partial charge on any atom is -0.393 e. The van der Waals surface area contributed by atoms with Gasteiger partial charge in [0.05, 0.1) is 18.3 Å². The van der Waals surface area contributed by atoms with Crippen LogP contribution in [-0.4, -0.2) is 45.7 Å². The maximum atomic E-state index is 9.73. The summed E-state index contributed by atoms with van der Waals surface area (Å²) in [4.78, 5) is 0. The molecule has 4 heteroatoms. The zero-order chi connectivity index (χ0) is 9.64. The van der Waals surface area contributed by atoms with Crippen molar-refractivity contribution in [3.63, 3.8) is 0 Å². The Hall–Kier alpha value is -0.160. The highest BCUT2D eigenvalue weighted by atomic mass is 16.3. The second kappa shape index (κ2) is 2.92. The Labute approximate surface area is 77.6 Å². The average Bonchev–Trinajstić information content (AvgIpc) is 2.79. The van der Waals surface area contributed by atoms with Gasteiger partial charge in [0.1, 0.15) is 0 Å². The molecule has 0 bridgehead atoms. The van der Waals surface area contributed by atoms with E-state index >= 15 is 0 Å². The number of piperidine rings is 1. The molecule has 1 saturated carbocycles. The Morgan fingerprint density at radius 2 is 2.00 bits per heavy atom. The minimum atomic E-state index is -0.788. The largest absolute Gasteiger partial charge is 0.393 e. The van der Waals surface area contributed by atoms with Gasteiger partial charge in [-0.05, 0) is 19.8 Å². The van der Waals surface area contributed by atoms with E-state index in [9.17, 15) is 15.3 Å². The van der Waals surface area contributed by atoms with Gasteiger partial charge in [-0.1, -0.05) is 0 Å². The van der Waals surface area contributed by atoms with Crippen molar-refractivity contribution in [1.82, 2.24) is 5.32 Å². The molecule has 2 rings (SSSR count). The lowest BCUT2D eigenvalue weighted by Crippen LogP contribution is -2.61. The Balaban J connectivity index is 2.16. The maximum absolute atomic E-state index is 9.73. The van der Waals surface area contributed by atoms with Crippen molar-refractivity contribution in [2.24, 2.45) is 5.92 Å². The molecule has 1 saturated heterocycles. The molecule has 2 aliphatic rings. The van der Waals surface area contributed by atoms with Crippen LogP contribution in [0.3, 0.4) is 0 Å². The van der Waals surface area contributed by atoms with Crippen molar-refractivity contribution in [3.8, 4) is 0 Å². The van der Waals surface area contributed by atoms with E-state index in [0.29, 0.717) is 6.54 Å². The summed E-state index contributed by atoms with van der Waals surface area (Å²) in [5.41, 5.74) is -0.0905. The number of rotatable bonds is 1. The van der Waals surface area contributed by atoms with Crippen LogP contribution in [-0.2, 0) is 0 Å². The molecule has 0 radical (unpaired) electrons. The normalized spacial score (nSPS) is 44.8. The Morgan fingerprint density at radius 3 is 2.46 bits per heavy atom. The summed E-state index contributed by atoms with van der Waals surface area (Å²) in [5, 5.41) is 31.9. The van der Waals surface area contributed by atoms with Gasteiger partial charge in [0, 0.05) is 18.0 Å². The highest BCUT2D eigenvalue weighted by Gasteiger charge is 2.57. The van der Waals surface area contributed by atoms with Gasteiger partial charge in [-0.15, -0.1) is 0 Å². The Kier molecular flexibility index (Phi) is 2.11. The molecule has 0 aromatic heterocycles. The molecule has 0 aromatic rings. The third-order valence-corrected chi connectivity index (χ3v) is 3.37. The first kappa shape index (κ1) is 9.40. The van der Waals surface area contributed by atoms with E-state index in [4.69, 9.17) is 0 Å². The first-order valence-electron chi connectivity index (χ1n) is 4.86. The van der Waals surface area contributed by atoms with Gasteiger partial charge in [-0.25, -0.2) is 0 Å². The lowest BCUT2D eigenvalue weighted by molar-refractivity contribution is -0.0932. The summed E-state index contributed by atoms with van der Waals surface area (Å²) in [7, 11) is 0. The summed E-state index contributed by atoms with van der Waals surface area (Å²) >= 11 is 0. The van der Waals surface area contributed by atoms with E-state index in [-0.39, 0.29) is 11.5 Å². The molecule has 1 aliphatic heterocycles. The summed E-state index contributed by atoms with van der Waals surface area (Å²) in [6.07, 6.45) is -0.117. The first-order valence-corrected chi connectivity index (χ1v) is 4.86. The maximum Gasteiger partial charge on any atom is 0.0927 e. The molecule has 4 atom stereocenters. The number of hydrogen-bond donors (Lipinski definition) is 4. The molecule has 0 aromatic carbocycles. The predicted octanol–water partition coefficient (Wildman–Crippen LogP) is -1.16. The Bertz CT molecular complexity index is 203. The van der Waals surface area contributed by atoms with Crippen LogP contribution in [0.1, 0.15) is 19.8 Å². The number of hydrogen-bond acceptors (Lipinski definition) is 4. The molecule has 0 unspecified atom stereocenters. The smallest absolute Gasteiger partial charge is 0.0927 e. The van der Waals surface area contributed by atoms with Crippen LogP contribution in [0.5, 0.6) is 0 Å². The second-order valence-corrected chi connectivity index (χ2v) is 4.36. The summed E-state index contributed by atoms with van der Waals surface area (Å²) in [6.45, 7) is 2.11. The van der Waals surface area contributed by atoms with Crippen LogP contribution in [0.2, 0.25) is 0 Å². The SMILES string of the molecule is C[C@@H](O)[C@@H]1[C@@H](O)[C@H](O)CNC12CC2. The van der Waals surface area contributed by atoms with Crippen molar-refractivity contribution in [1.29, 1.82) is 0 Å². The van der Waals surface area contributed by atoms with Crippen LogP contribution in [0, 0.1) is 5.92 Å². The molecule has 1 aliphatic carbocycles. The van der Waals surface area contributed by atoms with E-state index in [2.05, 4.69) is 5.32 Å². The molecular weight excluding hydrogens is 170 g/mol. The topological polar surface area (TPSA) is 72.7 Å². The molecule has 1 spiro atoms. The second-order valence-electron chi connectivity index (χ2n) is 4.36. The number of nitrogens with one attached hydrogen (secondary N) is 1. The summed E-state index contributed by atoms with van der Waals surface area (Å²) in [6, 6.07) is 0. The van der Waals surface area contributed by atoms with Gasteiger partial charge < -0.3 is 20.6 Å². The molecule has 4 nitrogen and oxygen atoms in total. The fourth-order valence-corrected chi connectivity index (χ4v) is 2.50. The van der Waals surface area contributed by atoms with Crippen LogP contribution in [0.25, 0.3) is 0 Å². The van der Waals surface area contributed by atoms with Crippen LogP contribution in [0.4, 0.5) is 0 Å². The Morgan fingerprint density at radius 1 is 1.38 bits per heavy atom. The van der Waals surface area contributed by atoms with Gasteiger partial charge in [-0.2, -0.15) is 0 Å². The quantitative estimate of drug-likeness (QED) is 0.418. The van der Waals surface area contributed by atoms with E-state index < -0.39 is 18.3 Å². The summed E-state index contributed by atoms with van der Waals surface area (Å²) < 4.78 is 0. The molecular formula is C9H17NO3. The third kappa shape index (κ3) is 1.38. The van der Waals surface area contributed by atoms with Gasteiger partial charge in [-0.3, -0.25) is 0 Å². The average molecular weight is 187 g/mol. The zero-order valence-corrected chi connectivity index (χ0v) is 7.77. The monoisotopic (exact) mass is 187 g/mol. The van der Waals surface area contributed by atoms with Gasteiger partial charge in [0.15, 0.2) is 0 Å². The molecule has 76 valence electrons. The fraction of sp³-hybridized carbons (Fsp3) is 1.00. The summed E-state index contributed by atoms with van der Waals surface area (Å²) in [5.74, 6) is -0.226. The zero-order valence-electron chi connectivity index (χ0n) is 7.77. The van der Waals surface area contributed by atoms with E-state index in [1.165, 1.54) is 0 Å². The van der Waals surface area contributed by atoms with Gasteiger partial charge >= 0.3 is 0 Å². The molecule has 1 heterocycles. The van der Waals surface area contributed by atoms with Crippen LogP contribution in [0.15, 0.2) is 0 Å². The standard InChI is InChI=1S/C9H17NO3/c1-5(11)7-8(13)6(12)4-10-9(7)2-3-9/h5-8,10-13H,2-4H2,1H3/t5-,6-,7-,8+/m1/s1. The van der Waals surface area contributed by atoms with Gasteiger partial charge in [0.25, 0.3) is 0 Å². The number of β-amino-alcohol motifs (C(OH)–C–C–N with tert-alkyl or cyclic N) is 1. The minimum absolute atomic E-state index is 0.0905. The van der Waals surface area contributed by atoms with Gasteiger partial charge in [0.2, 0.25) is 0 Å². The van der Waals surface area contributed by atoms with Crippen LogP contribution < -0.4 is 5.32 Å². The third-order valence-electron chi connectivity index (χ3n) is 3.37. The highest BCUT2D eigenvalue weighted by molar-refractivity contribution is 5.14. The number of aliphatic hydroxyl groups is 3. The van der Waals surface area contributed by atoms with Crippen molar-refractivity contribution >= 4 is 0 Å². The molecule has 13 heavy (non-hydrogen) atoms.